The molecular formula is C19H26N4O2. The van der Waals surface area contributed by atoms with Crippen molar-refractivity contribution in [3.63, 3.8) is 0 Å². The summed E-state index contributed by atoms with van der Waals surface area (Å²) >= 11 is 0. The van der Waals surface area contributed by atoms with E-state index in [0.29, 0.717) is 30.2 Å². The molecule has 1 N–H and O–H groups in total. The summed E-state index contributed by atoms with van der Waals surface area (Å²) in [6.45, 7) is 8.01. The Morgan fingerprint density at radius 3 is 2.76 bits per heavy atom. The highest BCUT2D eigenvalue weighted by atomic mass is 16.5. The fraction of sp³-hybridized carbons (Fsp3) is 0.474. The monoisotopic (exact) mass is 342 g/mol. The minimum absolute atomic E-state index is 0.268. The molecule has 134 valence electrons. The van der Waals surface area contributed by atoms with Gasteiger partial charge in [-0.2, -0.15) is 4.99 Å². The highest BCUT2D eigenvalue weighted by Crippen LogP contribution is 2.29. The first-order chi connectivity index (χ1) is 12.0. The Bertz CT molecular complexity index is 698. The van der Waals surface area contributed by atoms with Gasteiger partial charge in [0.1, 0.15) is 12.4 Å². The van der Waals surface area contributed by atoms with Crippen LogP contribution in [-0.2, 0) is 11.3 Å². The van der Waals surface area contributed by atoms with E-state index >= 15 is 0 Å². The molecule has 6 heteroatoms. The number of fused-ring (bicyclic) bond motifs is 2. The average molecular weight is 342 g/mol. The fourth-order valence-electron chi connectivity index (χ4n) is 3.45. The molecule has 2 saturated heterocycles. The van der Waals surface area contributed by atoms with Crippen LogP contribution in [0, 0.1) is 5.41 Å². The zero-order valence-electron chi connectivity index (χ0n) is 15.2. The lowest BCUT2D eigenvalue weighted by Crippen LogP contribution is -2.46. The molecule has 0 aliphatic carbocycles. The highest BCUT2D eigenvalue weighted by molar-refractivity contribution is 6.00. The Balaban J connectivity index is 1.65. The Morgan fingerprint density at radius 1 is 1.36 bits per heavy atom. The van der Waals surface area contributed by atoms with Crippen LogP contribution >= 0.6 is 0 Å². The Kier molecular flexibility index (Phi) is 5.08. The van der Waals surface area contributed by atoms with Gasteiger partial charge in [-0.15, -0.1) is 0 Å². The number of methoxy groups -OCH3 is 1. The first kappa shape index (κ1) is 17.5. The van der Waals surface area contributed by atoms with Crippen molar-refractivity contribution in [1.29, 1.82) is 5.41 Å². The number of rotatable bonds is 4. The predicted molar refractivity (Wildman–Crippen MR) is 99.3 cm³/mol. The normalized spacial score (nSPS) is 23.0. The van der Waals surface area contributed by atoms with Crippen molar-refractivity contribution in [3.05, 3.63) is 42.0 Å². The molecule has 2 fully saturated rings. The van der Waals surface area contributed by atoms with Gasteiger partial charge >= 0.3 is 0 Å². The molecule has 1 aromatic carbocycles. The summed E-state index contributed by atoms with van der Waals surface area (Å²) < 4.78 is 11.1. The Morgan fingerprint density at radius 2 is 2.16 bits per heavy atom. The maximum atomic E-state index is 8.36. The number of hydrogen-bond donors (Lipinski definition) is 1. The molecule has 0 saturated carbocycles. The molecule has 2 atom stereocenters. The number of likely N-dealkylation sites (N-methyl/N-ethyl adjacent to an activating group) is 1. The number of piperazine rings is 1. The number of hydrogen-bond acceptors (Lipinski definition) is 4. The van der Waals surface area contributed by atoms with Crippen molar-refractivity contribution in [1.82, 2.24) is 9.80 Å². The second kappa shape index (κ2) is 7.27. The van der Waals surface area contributed by atoms with Gasteiger partial charge in [-0.25, -0.2) is 0 Å². The van der Waals surface area contributed by atoms with Gasteiger partial charge in [0.2, 0.25) is 11.9 Å². The zero-order chi connectivity index (χ0) is 18.0. The molecule has 1 aromatic rings. The molecule has 2 unspecified atom stereocenters. The van der Waals surface area contributed by atoms with Gasteiger partial charge in [0, 0.05) is 30.7 Å². The van der Waals surface area contributed by atoms with Crippen LogP contribution in [0.3, 0.4) is 0 Å². The number of ether oxygens (including phenoxy) is 2. The van der Waals surface area contributed by atoms with Crippen molar-refractivity contribution in [2.75, 3.05) is 27.2 Å². The van der Waals surface area contributed by atoms with E-state index < -0.39 is 0 Å². The molecule has 2 bridgehead atoms. The lowest BCUT2D eigenvalue weighted by Gasteiger charge is -2.32. The Labute approximate surface area is 149 Å². The van der Waals surface area contributed by atoms with Crippen molar-refractivity contribution < 1.29 is 9.47 Å². The van der Waals surface area contributed by atoms with E-state index in [2.05, 4.69) is 28.4 Å². The third kappa shape index (κ3) is 3.85. The van der Waals surface area contributed by atoms with E-state index in [1.807, 2.05) is 31.2 Å². The van der Waals surface area contributed by atoms with E-state index in [9.17, 15) is 0 Å². The third-order valence-corrected chi connectivity index (χ3v) is 4.87. The van der Waals surface area contributed by atoms with Gasteiger partial charge in [0.15, 0.2) is 0 Å². The first-order valence-corrected chi connectivity index (χ1v) is 8.53. The van der Waals surface area contributed by atoms with E-state index in [1.165, 1.54) is 0 Å². The van der Waals surface area contributed by atoms with Gasteiger partial charge in [-0.3, -0.25) is 10.3 Å². The molecule has 25 heavy (non-hydrogen) atoms. The van der Waals surface area contributed by atoms with Crippen molar-refractivity contribution in [2.45, 2.75) is 32.0 Å². The molecule has 3 rings (SSSR count). The maximum Gasteiger partial charge on any atom is 0.221 e. The van der Waals surface area contributed by atoms with E-state index in [1.54, 1.807) is 7.11 Å². The predicted octanol–water partition coefficient (Wildman–Crippen LogP) is 2.51. The van der Waals surface area contributed by atoms with Crippen molar-refractivity contribution >= 4 is 11.9 Å². The van der Waals surface area contributed by atoms with Crippen LogP contribution in [0.15, 0.2) is 41.4 Å². The average Bonchev–Trinajstić information content (AvgIpc) is 3.17. The molecule has 2 heterocycles. The molecule has 2 aliphatic heterocycles. The molecule has 2 aliphatic rings. The zero-order valence-corrected chi connectivity index (χ0v) is 15.2. The smallest absolute Gasteiger partial charge is 0.221 e. The van der Waals surface area contributed by atoms with Crippen LogP contribution in [0.5, 0.6) is 5.75 Å². The summed E-state index contributed by atoms with van der Waals surface area (Å²) in [4.78, 5) is 8.84. The molecule has 0 aromatic heterocycles. The molecule has 0 spiro atoms. The van der Waals surface area contributed by atoms with Crippen LogP contribution in [0.2, 0.25) is 0 Å². The molecule has 0 amide bonds. The summed E-state index contributed by atoms with van der Waals surface area (Å²) in [6.07, 6.45) is 1.11. The summed E-state index contributed by atoms with van der Waals surface area (Å²) in [7, 11) is 3.79. The summed E-state index contributed by atoms with van der Waals surface area (Å²) in [5.74, 6) is 1.48. The van der Waals surface area contributed by atoms with Crippen LogP contribution < -0.4 is 4.74 Å². The lowest BCUT2D eigenvalue weighted by atomic mass is 10.2. The maximum absolute atomic E-state index is 8.36. The standard InChI is InChI=1S/C19H26N4O2/c1-13(2)18(25-12-14-6-5-7-17(8-14)24-4)21-19(20)23-11-15-9-16(23)10-22(15)3/h5-8,15-16,20H,1,9-12H2,2-4H3/b20-19?,21-18+. The van der Waals surface area contributed by atoms with Crippen molar-refractivity contribution in [2.24, 2.45) is 4.99 Å². The van der Waals surface area contributed by atoms with Gasteiger partial charge in [-0.1, -0.05) is 18.7 Å². The summed E-state index contributed by atoms with van der Waals surface area (Å²) in [6, 6.07) is 8.64. The number of guanidine groups is 1. The SMILES string of the molecule is C=C(C)/C(=N\C(=N)N1CC2CC1CN2C)OCc1cccc(OC)c1. The summed E-state index contributed by atoms with van der Waals surface area (Å²) in [5, 5.41) is 8.36. The fourth-order valence-corrected chi connectivity index (χ4v) is 3.45. The highest BCUT2D eigenvalue weighted by Gasteiger charge is 2.42. The first-order valence-electron chi connectivity index (χ1n) is 8.53. The second-order valence-electron chi connectivity index (χ2n) is 6.80. The number of benzene rings is 1. The summed E-state index contributed by atoms with van der Waals surface area (Å²) in [5.41, 5.74) is 1.70. The van der Waals surface area contributed by atoms with E-state index in [-0.39, 0.29) is 5.96 Å². The van der Waals surface area contributed by atoms with Gasteiger partial charge in [0.05, 0.1) is 7.11 Å². The third-order valence-electron chi connectivity index (χ3n) is 4.87. The number of nitrogens with one attached hydrogen (secondary N) is 1. The van der Waals surface area contributed by atoms with Crippen molar-refractivity contribution in [3.8, 4) is 5.75 Å². The van der Waals surface area contributed by atoms with Gasteiger partial charge in [0.25, 0.3) is 0 Å². The Hall–Kier alpha value is -2.34. The largest absolute Gasteiger partial charge is 0.497 e. The van der Waals surface area contributed by atoms with E-state index in [0.717, 1.165) is 30.8 Å². The van der Waals surface area contributed by atoms with E-state index in [4.69, 9.17) is 14.9 Å². The number of likely N-dealkylation sites (tertiary alicyclic amines) is 2. The number of nitrogens with zero attached hydrogens (tertiary/aromatic N) is 3. The molecule has 6 nitrogen and oxygen atoms in total. The minimum atomic E-state index is 0.268. The van der Waals surface area contributed by atoms with Crippen LogP contribution in [-0.4, -0.2) is 61.0 Å². The van der Waals surface area contributed by atoms with Crippen LogP contribution in [0.25, 0.3) is 0 Å². The molecule has 0 radical (unpaired) electrons. The number of aliphatic imine (C=N–C) groups is 1. The van der Waals surface area contributed by atoms with Gasteiger partial charge in [-0.05, 0) is 38.1 Å². The topological polar surface area (TPSA) is 61.2 Å². The minimum Gasteiger partial charge on any atom is -0.497 e. The van der Waals surface area contributed by atoms with Crippen LogP contribution in [0.4, 0.5) is 0 Å². The van der Waals surface area contributed by atoms with Gasteiger partial charge < -0.3 is 14.4 Å². The lowest BCUT2D eigenvalue weighted by molar-refractivity contribution is 0.207. The van der Waals surface area contributed by atoms with Crippen LogP contribution in [0.1, 0.15) is 18.9 Å². The molecular weight excluding hydrogens is 316 g/mol. The quantitative estimate of drug-likeness (QED) is 0.675. The second-order valence-corrected chi connectivity index (χ2v) is 6.80.